The zero-order valence-corrected chi connectivity index (χ0v) is 30.3. The molecule has 0 spiro atoms. The van der Waals surface area contributed by atoms with E-state index >= 15 is 0 Å². The van der Waals surface area contributed by atoms with Crippen LogP contribution in [0.15, 0.2) is 72.9 Å². The summed E-state index contributed by atoms with van der Waals surface area (Å²) in [5.41, 5.74) is 2.75. The number of fused-ring (bicyclic) bond motifs is 3. The first-order valence-electron chi connectivity index (χ1n) is 17.7. The van der Waals surface area contributed by atoms with Gasteiger partial charge in [0.2, 0.25) is 10.0 Å². The summed E-state index contributed by atoms with van der Waals surface area (Å²) in [6.07, 6.45) is 11.5. The molecule has 5 atom stereocenters. The molecule has 3 heterocycles. The molecule has 50 heavy (non-hydrogen) atoms. The number of halogens is 1. The quantitative estimate of drug-likeness (QED) is 0.220. The number of sulfonamides is 1. The molecule has 0 saturated heterocycles. The zero-order valence-electron chi connectivity index (χ0n) is 28.8. The fourth-order valence-electron chi connectivity index (χ4n) is 7.17. The molecular formula is C40H46ClN3O5S. The number of carbonyl (C=O) groups excluding carboxylic acids is 1. The third-order valence-electron chi connectivity index (χ3n) is 10.6. The lowest BCUT2D eigenvalue weighted by Crippen LogP contribution is -2.49. The van der Waals surface area contributed by atoms with Gasteiger partial charge in [-0.3, -0.25) is 9.78 Å². The summed E-state index contributed by atoms with van der Waals surface area (Å²) in [5, 5.41) is 12.1. The number of ether oxygens (including phenoxy) is 1. The molecular weight excluding hydrogens is 670 g/mol. The van der Waals surface area contributed by atoms with Gasteiger partial charge in [-0.05, 0) is 117 Å². The molecule has 2 aliphatic heterocycles. The van der Waals surface area contributed by atoms with Crippen LogP contribution in [-0.2, 0) is 29.5 Å². The molecule has 0 radical (unpaired) electrons. The van der Waals surface area contributed by atoms with Crippen LogP contribution in [-0.4, -0.2) is 48.4 Å². The number of nitrogens with zero attached hydrogens (tertiary/aromatic N) is 2. The lowest BCUT2D eigenvalue weighted by molar-refractivity contribution is -0.00298. The third-order valence-corrected chi connectivity index (χ3v) is 12.8. The predicted octanol–water partition coefficient (Wildman–Crippen LogP) is 6.89. The van der Waals surface area contributed by atoms with E-state index < -0.39 is 26.8 Å². The minimum atomic E-state index is -4.00. The molecule has 2 bridgehead atoms. The molecule has 1 aromatic heterocycles. The monoisotopic (exact) mass is 715 g/mol. The van der Waals surface area contributed by atoms with E-state index in [1.54, 1.807) is 37.4 Å². The fourth-order valence-corrected chi connectivity index (χ4v) is 8.65. The summed E-state index contributed by atoms with van der Waals surface area (Å²) in [6.45, 7) is 5.10. The van der Waals surface area contributed by atoms with Crippen molar-refractivity contribution in [2.24, 2.45) is 17.8 Å². The highest BCUT2D eigenvalue weighted by Crippen LogP contribution is 2.45. The summed E-state index contributed by atoms with van der Waals surface area (Å²) in [5.74, 6) is 6.11. The van der Waals surface area contributed by atoms with Gasteiger partial charge in [0.1, 0.15) is 18.0 Å². The van der Waals surface area contributed by atoms with E-state index in [-0.39, 0.29) is 23.3 Å². The summed E-state index contributed by atoms with van der Waals surface area (Å²) in [6, 6.07) is 16.8. The minimum Gasteiger partial charge on any atom is -0.487 e. The first kappa shape index (κ1) is 36.0. The molecule has 1 aliphatic carbocycles. The number of rotatable bonds is 2. The zero-order chi connectivity index (χ0) is 35.3. The number of aromatic nitrogens is 1. The van der Waals surface area contributed by atoms with Crippen molar-refractivity contribution in [2.75, 3.05) is 18.0 Å². The maximum absolute atomic E-state index is 13.5. The van der Waals surface area contributed by atoms with Gasteiger partial charge in [-0.15, -0.1) is 0 Å². The van der Waals surface area contributed by atoms with Crippen LogP contribution in [0.3, 0.4) is 0 Å². The fraction of sp³-hybridized carbons (Fsp3) is 0.450. The smallest absolute Gasteiger partial charge is 0.264 e. The molecule has 1 saturated carbocycles. The number of anilines is 1. The lowest BCUT2D eigenvalue weighted by atomic mass is 9.64. The van der Waals surface area contributed by atoms with Gasteiger partial charge >= 0.3 is 0 Å². The van der Waals surface area contributed by atoms with Gasteiger partial charge < -0.3 is 14.7 Å². The van der Waals surface area contributed by atoms with Crippen LogP contribution in [0.5, 0.6) is 5.75 Å². The van der Waals surface area contributed by atoms with E-state index in [1.807, 2.05) is 49.4 Å². The van der Waals surface area contributed by atoms with Gasteiger partial charge in [-0.25, -0.2) is 13.1 Å². The van der Waals surface area contributed by atoms with Crippen LogP contribution in [0, 0.1) is 29.6 Å². The second-order valence-corrected chi connectivity index (χ2v) is 16.5. The van der Waals surface area contributed by atoms with E-state index in [0.29, 0.717) is 49.7 Å². The van der Waals surface area contributed by atoms with Crippen molar-refractivity contribution in [3.8, 4) is 17.6 Å². The minimum absolute atomic E-state index is 0.120. The number of benzene rings is 2. The number of hydrogen-bond donors (Lipinski definition) is 2. The number of allylic oxidation sites excluding steroid dienone is 1. The average molecular weight is 716 g/mol. The number of amides is 1. The largest absolute Gasteiger partial charge is 0.487 e. The van der Waals surface area contributed by atoms with Crippen molar-refractivity contribution in [3.63, 3.8) is 0 Å². The second-order valence-electron chi connectivity index (χ2n) is 14.0. The van der Waals surface area contributed by atoms with E-state index in [4.69, 9.17) is 16.3 Å². The van der Waals surface area contributed by atoms with Gasteiger partial charge in [0, 0.05) is 54.3 Å². The van der Waals surface area contributed by atoms with Crippen LogP contribution in [0.1, 0.15) is 79.6 Å². The SMILES string of the molecule is C[C@@H]1[C@@H](C)C/C=C/[C@@](O)(C#CCCc2ccccn2)[C@@H]2CC[C@H]2CN2CCCCc3cc(Cl)ccc3COc3ccc(cc32)C(=O)NS1(=O)=O. The number of hydrogen-bond acceptors (Lipinski definition) is 7. The lowest BCUT2D eigenvalue weighted by Gasteiger charge is -2.46. The Bertz CT molecular complexity index is 1890. The van der Waals surface area contributed by atoms with Crippen molar-refractivity contribution in [2.45, 2.75) is 82.7 Å². The normalized spacial score (nSPS) is 27.4. The third kappa shape index (κ3) is 8.37. The highest BCUT2D eigenvalue weighted by atomic mass is 35.5. The molecule has 8 nitrogen and oxygen atoms in total. The molecule has 1 amide bonds. The Balaban J connectivity index is 1.36. The Labute approximate surface area is 301 Å². The summed E-state index contributed by atoms with van der Waals surface area (Å²) < 4.78 is 35.6. The molecule has 1 fully saturated rings. The van der Waals surface area contributed by atoms with Gasteiger partial charge in [0.15, 0.2) is 0 Å². The Hall–Kier alpha value is -3.84. The highest BCUT2D eigenvalue weighted by molar-refractivity contribution is 7.90. The van der Waals surface area contributed by atoms with Crippen LogP contribution in [0.25, 0.3) is 0 Å². The van der Waals surface area contributed by atoms with Crippen molar-refractivity contribution < 1.29 is 23.1 Å². The molecule has 6 rings (SSSR count). The van der Waals surface area contributed by atoms with Gasteiger partial charge in [0.05, 0.1) is 10.9 Å². The summed E-state index contributed by atoms with van der Waals surface area (Å²) >= 11 is 6.36. The van der Waals surface area contributed by atoms with Gasteiger partial charge in [-0.1, -0.05) is 48.6 Å². The van der Waals surface area contributed by atoms with E-state index in [2.05, 4.69) is 26.4 Å². The maximum atomic E-state index is 13.5. The number of carbonyl (C=O) groups is 1. The van der Waals surface area contributed by atoms with Crippen LogP contribution in [0.4, 0.5) is 5.69 Å². The van der Waals surface area contributed by atoms with Crippen LogP contribution >= 0.6 is 11.6 Å². The highest BCUT2D eigenvalue weighted by Gasteiger charge is 2.45. The Morgan fingerprint density at radius 3 is 2.74 bits per heavy atom. The molecule has 2 aromatic carbocycles. The van der Waals surface area contributed by atoms with Gasteiger partial charge in [0.25, 0.3) is 5.91 Å². The molecule has 264 valence electrons. The van der Waals surface area contributed by atoms with E-state index in [9.17, 15) is 18.3 Å². The van der Waals surface area contributed by atoms with Crippen molar-refractivity contribution in [3.05, 3.63) is 100 Å². The molecule has 3 aromatic rings. The molecule has 10 heteroatoms. The summed E-state index contributed by atoms with van der Waals surface area (Å²) in [7, 11) is -4.00. The molecule has 3 aliphatic rings. The first-order valence-corrected chi connectivity index (χ1v) is 19.6. The Morgan fingerprint density at radius 1 is 1.10 bits per heavy atom. The van der Waals surface area contributed by atoms with Crippen molar-refractivity contribution in [1.82, 2.24) is 9.71 Å². The maximum Gasteiger partial charge on any atom is 0.264 e. The van der Waals surface area contributed by atoms with E-state index in [0.717, 1.165) is 54.6 Å². The molecule has 2 N–H and O–H groups in total. The number of aryl methyl sites for hydroxylation is 2. The second kappa shape index (κ2) is 15.6. The van der Waals surface area contributed by atoms with Crippen molar-refractivity contribution >= 4 is 33.2 Å². The molecule has 0 unspecified atom stereocenters. The Kier molecular flexibility index (Phi) is 11.2. The predicted molar refractivity (Wildman–Crippen MR) is 198 cm³/mol. The van der Waals surface area contributed by atoms with Crippen LogP contribution in [0.2, 0.25) is 5.02 Å². The topological polar surface area (TPSA) is 109 Å². The van der Waals surface area contributed by atoms with Crippen molar-refractivity contribution in [1.29, 1.82) is 0 Å². The van der Waals surface area contributed by atoms with Crippen LogP contribution < -0.4 is 14.4 Å². The average Bonchev–Trinajstić information content (AvgIpc) is 3.11. The Morgan fingerprint density at radius 2 is 1.96 bits per heavy atom. The first-order chi connectivity index (χ1) is 24.0. The van der Waals surface area contributed by atoms with E-state index in [1.165, 1.54) is 0 Å². The van der Waals surface area contributed by atoms with Gasteiger partial charge in [-0.2, -0.15) is 0 Å². The standard InChI is InChI=1S/C40H46ClN3O5S/c1-28-10-9-21-40(46,20-6-3-12-35-13-4-7-22-42-35)36-18-15-32(36)26-44-23-8-5-11-30-24-34(41)17-14-33(30)27-49-38-19-16-31(25-37(38)44)39(45)43-50(47,48)29(28)2/h4,7,9,13-14,16-17,19,21-22,24-25,28-29,32,36,46H,3,5,8,10-12,15,18,23,26-27H2,1-2H3,(H,43,45)/b21-9+/t28-,29+,32-,36+,40-/m0/s1. The number of nitrogens with one attached hydrogen (secondary N) is 1. The number of aliphatic hydroxyl groups is 1. The summed E-state index contributed by atoms with van der Waals surface area (Å²) in [4.78, 5) is 20.1. The number of pyridine rings is 1.